The van der Waals surface area contributed by atoms with Gasteiger partial charge in [0.15, 0.2) is 0 Å². The highest BCUT2D eigenvalue weighted by atomic mass is 15.2. The third-order valence-electron chi connectivity index (χ3n) is 5.17. The molecule has 2 rings (SSSR count). The smallest absolute Gasteiger partial charge is 0.0249 e. The number of nitrogens with one attached hydrogen (secondary N) is 1. The van der Waals surface area contributed by atoms with Gasteiger partial charge in [0.25, 0.3) is 0 Å². The van der Waals surface area contributed by atoms with Crippen molar-refractivity contribution in [3.8, 4) is 0 Å². The van der Waals surface area contributed by atoms with Crippen molar-refractivity contribution in [2.75, 3.05) is 19.6 Å². The molecule has 2 heteroatoms. The van der Waals surface area contributed by atoms with Crippen LogP contribution in [0.1, 0.15) is 71.6 Å². The lowest BCUT2D eigenvalue weighted by atomic mass is 9.82. The van der Waals surface area contributed by atoms with E-state index in [-0.39, 0.29) is 0 Å². The molecule has 1 heterocycles. The van der Waals surface area contributed by atoms with E-state index in [0.717, 1.165) is 18.0 Å². The van der Waals surface area contributed by atoms with Crippen LogP contribution >= 0.6 is 0 Å². The van der Waals surface area contributed by atoms with Crippen molar-refractivity contribution >= 4 is 0 Å². The lowest BCUT2D eigenvalue weighted by molar-refractivity contribution is 0.0686. The van der Waals surface area contributed by atoms with Crippen LogP contribution in [0, 0.1) is 5.92 Å². The standard InChI is InChI=1S/C17H34N2/c1-3-5-12-19-14-16(9-4-2)18-13-17(19)15-10-7-6-8-11-15/h15-18H,3-14H2,1-2H3. The molecule has 1 aliphatic heterocycles. The summed E-state index contributed by atoms with van der Waals surface area (Å²) in [7, 11) is 0. The molecule has 0 bridgehead atoms. The van der Waals surface area contributed by atoms with Crippen molar-refractivity contribution in [3.05, 3.63) is 0 Å². The van der Waals surface area contributed by atoms with Crippen molar-refractivity contribution < 1.29 is 0 Å². The van der Waals surface area contributed by atoms with E-state index in [1.54, 1.807) is 0 Å². The fourth-order valence-corrected chi connectivity index (χ4v) is 4.04. The predicted octanol–water partition coefficient (Wildman–Crippen LogP) is 3.81. The van der Waals surface area contributed by atoms with E-state index >= 15 is 0 Å². The van der Waals surface area contributed by atoms with Gasteiger partial charge in [-0.1, -0.05) is 46.0 Å². The van der Waals surface area contributed by atoms with Crippen LogP contribution in [0.2, 0.25) is 0 Å². The zero-order valence-corrected chi connectivity index (χ0v) is 13.2. The zero-order chi connectivity index (χ0) is 13.5. The maximum absolute atomic E-state index is 3.83. The maximum Gasteiger partial charge on any atom is 0.0249 e. The lowest BCUT2D eigenvalue weighted by Crippen LogP contribution is -2.59. The molecule has 1 aliphatic carbocycles. The van der Waals surface area contributed by atoms with Gasteiger partial charge < -0.3 is 5.32 Å². The highest BCUT2D eigenvalue weighted by molar-refractivity contribution is 4.90. The molecule has 19 heavy (non-hydrogen) atoms. The third-order valence-corrected chi connectivity index (χ3v) is 5.17. The zero-order valence-electron chi connectivity index (χ0n) is 13.2. The Morgan fingerprint density at radius 1 is 1.05 bits per heavy atom. The normalized spacial score (nSPS) is 30.6. The summed E-state index contributed by atoms with van der Waals surface area (Å²) in [5.41, 5.74) is 0. The monoisotopic (exact) mass is 266 g/mol. The van der Waals surface area contributed by atoms with E-state index in [2.05, 4.69) is 24.1 Å². The Labute approximate surface area is 120 Å². The summed E-state index contributed by atoms with van der Waals surface area (Å²) in [6.07, 6.45) is 12.8. The molecule has 0 aromatic carbocycles. The average molecular weight is 266 g/mol. The molecule has 1 saturated carbocycles. The minimum Gasteiger partial charge on any atom is -0.311 e. The van der Waals surface area contributed by atoms with Gasteiger partial charge in [0.05, 0.1) is 0 Å². The molecular formula is C17H34N2. The van der Waals surface area contributed by atoms with Crippen molar-refractivity contribution in [2.45, 2.75) is 83.7 Å². The van der Waals surface area contributed by atoms with Gasteiger partial charge in [-0.3, -0.25) is 4.90 Å². The number of piperazine rings is 1. The van der Waals surface area contributed by atoms with Crippen LogP contribution in [0.3, 0.4) is 0 Å². The maximum atomic E-state index is 3.83. The first-order valence-corrected chi connectivity index (χ1v) is 8.82. The van der Waals surface area contributed by atoms with Gasteiger partial charge in [-0.05, 0) is 38.1 Å². The highest BCUT2D eigenvalue weighted by Gasteiger charge is 2.33. The molecule has 2 nitrogen and oxygen atoms in total. The van der Waals surface area contributed by atoms with Crippen molar-refractivity contribution in [2.24, 2.45) is 5.92 Å². The Bertz CT molecular complexity index is 235. The van der Waals surface area contributed by atoms with Crippen LogP contribution in [-0.4, -0.2) is 36.6 Å². The Morgan fingerprint density at radius 2 is 1.84 bits per heavy atom. The number of hydrogen-bond acceptors (Lipinski definition) is 2. The first kappa shape index (κ1) is 15.3. The quantitative estimate of drug-likeness (QED) is 0.786. The SMILES string of the molecule is CCCCN1CC(CCC)NCC1C1CCCCC1. The minimum absolute atomic E-state index is 0.752. The summed E-state index contributed by atoms with van der Waals surface area (Å²) in [4.78, 5) is 2.84. The van der Waals surface area contributed by atoms with E-state index in [1.807, 2.05) is 0 Å². The Balaban J connectivity index is 1.91. The molecule has 2 fully saturated rings. The van der Waals surface area contributed by atoms with Crippen LogP contribution < -0.4 is 5.32 Å². The lowest BCUT2D eigenvalue weighted by Gasteiger charge is -2.45. The topological polar surface area (TPSA) is 15.3 Å². The van der Waals surface area contributed by atoms with E-state index in [1.165, 1.54) is 77.4 Å². The van der Waals surface area contributed by atoms with Crippen LogP contribution in [0.25, 0.3) is 0 Å². The van der Waals surface area contributed by atoms with Crippen LogP contribution in [0.4, 0.5) is 0 Å². The molecule has 0 aromatic heterocycles. The summed E-state index contributed by atoms with van der Waals surface area (Å²) in [5, 5.41) is 3.83. The van der Waals surface area contributed by atoms with Crippen molar-refractivity contribution in [3.63, 3.8) is 0 Å². The third kappa shape index (κ3) is 4.46. The van der Waals surface area contributed by atoms with Crippen LogP contribution in [0.15, 0.2) is 0 Å². The number of hydrogen-bond donors (Lipinski definition) is 1. The van der Waals surface area contributed by atoms with E-state index in [4.69, 9.17) is 0 Å². The molecule has 112 valence electrons. The molecule has 0 aromatic rings. The Hall–Kier alpha value is -0.0800. The Kier molecular flexibility index (Phi) is 6.66. The summed E-state index contributed by atoms with van der Waals surface area (Å²) in [5.74, 6) is 0.973. The second-order valence-electron chi connectivity index (χ2n) is 6.71. The second kappa shape index (κ2) is 8.26. The van der Waals surface area contributed by atoms with Gasteiger partial charge in [-0.2, -0.15) is 0 Å². The molecule has 0 amide bonds. The van der Waals surface area contributed by atoms with Gasteiger partial charge in [-0.25, -0.2) is 0 Å². The first-order valence-electron chi connectivity index (χ1n) is 8.82. The average Bonchev–Trinajstić information content (AvgIpc) is 2.46. The van der Waals surface area contributed by atoms with Gasteiger partial charge in [0.1, 0.15) is 0 Å². The summed E-state index contributed by atoms with van der Waals surface area (Å²) in [6, 6.07) is 1.58. The molecule has 2 atom stereocenters. The molecule has 0 spiro atoms. The predicted molar refractivity (Wildman–Crippen MR) is 83.5 cm³/mol. The largest absolute Gasteiger partial charge is 0.311 e. The molecule has 2 aliphatic rings. The van der Waals surface area contributed by atoms with Crippen molar-refractivity contribution in [1.82, 2.24) is 10.2 Å². The molecule has 0 radical (unpaired) electrons. The molecular weight excluding hydrogens is 232 g/mol. The number of nitrogens with zero attached hydrogens (tertiary/aromatic N) is 1. The fourth-order valence-electron chi connectivity index (χ4n) is 4.04. The highest BCUT2D eigenvalue weighted by Crippen LogP contribution is 2.30. The van der Waals surface area contributed by atoms with E-state index in [0.29, 0.717) is 0 Å². The van der Waals surface area contributed by atoms with Gasteiger partial charge in [0, 0.05) is 25.2 Å². The molecule has 1 saturated heterocycles. The van der Waals surface area contributed by atoms with Gasteiger partial charge in [0.2, 0.25) is 0 Å². The van der Waals surface area contributed by atoms with Gasteiger partial charge in [-0.15, -0.1) is 0 Å². The van der Waals surface area contributed by atoms with E-state index < -0.39 is 0 Å². The van der Waals surface area contributed by atoms with Crippen LogP contribution in [-0.2, 0) is 0 Å². The first-order chi connectivity index (χ1) is 9.35. The molecule has 1 N–H and O–H groups in total. The summed E-state index contributed by atoms with van der Waals surface area (Å²) in [6.45, 7) is 8.51. The molecule has 2 unspecified atom stereocenters. The second-order valence-corrected chi connectivity index (χ2v) is 6.71. The van der Waals surface area contributed by atoms with Crippen LogP contribution in [0.5, 0.6) is 0 Å². The van der Waals surface area contributed by atoms with Gasteiger partial charge >= 0.3 is 0 Å². The summed E-state index contributed by atoms with van der Waals surface area (Å²) >= 11 is 0. The minimum atomic E-state index is 0.752. The van der Waals surface area contributed by atoms with Crippen molar-refractivity contribution in [1.29, 1.82) is 0 Å². The number of unbranched alkanes of at least 4 members (excludes halogenated alkanes) is 1. The summed E-state index contributed by atoms with van der Waals surface area (Å²) < 4.78 is 0. The number of rotatable bonds is 6. The fraction of sp³-hybridized carbons (Fsp3) is 1.00. The van der Waals surface area contributed by atoms with E-state index in [9.17, 15) is 0 Å². The Morgan fingerprint density at radius 3 is 2.53 bits per heavy atom.